The molecule has 0 radical (unpaired) electrons. The summed E-state index contributed by atoms with van der Waals surface area (Å²) in [6.45, 7) is 2.81. The third-order valence-corrected chi connectivity index (χ3v) is 6.52. The SMILES string of the molecule is CCC(C(=O)NC)N(Cc1ccccc1C)C(=O)CN(c1cccc(C(F)(F)F)c1)S(C)(=O)=O. The van der Waals surface area contributed by atoms with Crippen molar-refractivity contribution in [2.24, 2.45) is 0 Å². The lowest BCUT2D eigenvalue weighted by Gasteiger charge is -2.33. The third-order valence-electron chi connectivity index (χ3n) is 5.37. The molecule has 0 fully saturated rings. The molecule has 1 atom stereocenters. The number of anilines is 1. The minimum absolute atomic E-state index is 0.0254. The number of nitrogens with one attached hydrogen (secondary N) is 1. The number of likely N-dealkylation sites (N-methyl/N-ethyl adjacent to an activating group) is 1. The van der Waals surface area contributed by atoms with Gasteiger partial charge in [0.15, 0.2) is 0 Å². The summed E-state index contributed by atoms with van der Waals surface area (Å²) >= 11 is 0. The van der Waals surface area contributed by atoms with Crippen molar-refractivity contribution in [3.63, 3.8) is 0 Å². The summed E-state index contributed by atoms with van der Waals surface area (Å²) < 4.78 is 65.2. The summed E-state index contributed by atoms with van der Waals surface area (Å²) in [4.78, 5) is 27.2. The number of nitrogens with zero attached hydrogens (tertiary/aromatic N) is 2. The lowest BCUT2D eigenvalue weighted by atomic mass is 10.1. The maximum absolute atomic E-state index is 13.4. The Morgan fingerprint density at radius 1 is 1.09 bits per heavy atom. The molecule has 0 saturated carbocycles. The van der Waals surface area contributed by atoms with E-state index < -0.39 is 46.2 Å². The molecule has 2 aromatic rings. The van der Waals surface area contributed by atoms with Crippen LogP contribution in [0.2, 0.25) is 0 Å². The molecule has 34 heavy (non-hydrogen) atoms. The Kier molecular flexibility index (Phi) is 8.71. The number of alkyl halides is 3. The van der Waals surface area contributed by atoms with E-state index in [-0.39, 0.29) is 18.7 Å². The van der Waals surface area contributed by atoms with Crippen molar-refractivity contribution in [3.05, 3.63) is 65.2 Å². The van der Waals surface area contributed by atoms with Crippen LogP contribution in [0.1, 0.15) is 30.0 Å². The van der Waals surface area contributed by atoms with Crippen LogP contribution in [-0.4, -0.2) is 51.0 Å². The van der Waals surface area contributed by atoms with Crippen molar-refractivity contribution in [2.75, 3.05) is 24.2 Å². The van der Waals surface area contributed by atoms with Crippen LogP contribution in [0.15, 0.2) is 48.5 Å². The van der Waals surface area contributed by atoms with Crippen molar-refractivity contribution < 1.29 is 31.2 Å². The second-order valence-corrected chi connectivity index (χ2v) is 9.71. The van der Waals surface area contributed by atoms with Gasteiger partial charge in [-0.3, -0.25) is 13.9 Å². The van der Waals surface area contributed by atoms with Gasteiger partial charge in [-0.25, -0.2) is 8.42 Å². The first-order chi connectivity index (χ1) is 15.8. The molecular formula is C23H28F3N3O4S. The van der Waals surface area contributed by atoms with E-state index in [1.807, 2.05) is 19.1 Å². The topological polar surface area (TPSA) is 86.8 Å². The van der Waals surface area contributed by atoms with Crippen LogP contribution >= 0.6 is 0 Å². The van der Waals surface area contributed by atoms with E-state index in [1.54, 1.807) is 19.1 Å². The van der Waals surface area contributed by atoms with Crippen LogP contribution in [0, 0.1) is 6.92 Å². The van der Waals surface area contributed by atoms with Gasteiger partial charge in [-0.2, -0.15) is 13.2 Å². The fourth-order valence-corrected chi connectivity index (χ4v) is 4.35. The fourth-order valence-electron chi connectivity index (χ4n) is 3.51. The van der Waals surface area contributed by atoms with Crippen molar-refractivity contribution in [2.45, 2.75) is 39.0 Å². The number of hydrogen-bond donors (Lipinski definition) is 1. The van der Waals surface area contributed by atoms with Gasteiger partial charge in [-0.15, -0.1) is 0 Å². The molecule has 0 spiro atoms. The summed E-state index contributed by atoms with van der Waals surface area (Å²) in [5.74, 6) is -1.16. The lowest BCUT2D eigenvalue weighted by molar-refractivity contribution is -0.140. The predicted molar refractivity (Wildman–Crippen MR) is 124 cm³/mol. The molecule has 186 valence electrons. The van der Waals surface area contributed by atoms with Crippen molar-refractivity contribution in [1.82, 2.24) is 10.2 Å². The van der Waals surface area contributed by atoms with Gasteiger partial charge < -0.3 is 10.2 Å². The van der Waals surface area contributed by atoms with Gasteiger partial charge in [-0.05, 0) is 42.7 Å². The normalized spacial score (nSPS) is 12.7. The van der Waals surface area contributed by atoms with Crippen LogP contribution in [-0.2, 0) is 32.3 Å². The van der Waals surface area contributed by atoms with Crippen molar-refractivity contribution >= 4 is 27.5 Å². The van der Waals surface area contributed by atoms with E-state index in [9.17, 15) is 31.2 Å². The first-order valence-corrected chi connectivity index (χ1v) is 12.3. The molecule has 1 N–H and O–H groups in total. The average molecular weight is 500 g/mol. The standard InChI is InChI=1S/C23H28F3N3O4S/c1-5-20(22(31)27-3)28(14-17-10-7-6-9-16(17)2)21(30)15-29(34(4,32)33)19-12-8-11-18(13-19)23(24,25)26/h6-13,20H,5,14-15H2,1-4H3,(H,27,31). The number of amides is 2. The minimum atomic E-state index is -4.69. The van der Waals surface area contributed by atoms with Gasteiger partial charge in [0.05, 0.1) is 17.5 Å². The number of sulfonamides is 1. The van der Waals surface area contributed by atoms with Crippen LogP contribution in [0.5, 0.6) is 0 Å². The number of halogens is 3. The molecule has 0 aliphatic heterocycles. The number of hydrogen-bond acceptors (Lipinski definition) is 4. The second kappa shape index (κ2) is 10.9. The summed E-state index contributed by atoms with van der Waals surface area (Å²) in [6, 6.07) is 10.1. The second-order valence-electron chi connectivity index (χ2n) is 7.80. The fraction of sp³-hybridized carbons (Fsp3) is 0.391. The molecule has 0 saturated heterocycles. The molecule has 2 amide bonds. The monoisotopic (exact) mass is 499 g/mol. The highest BCUT2D eigenvalue weighted by molar-refractivity contribution is 7.92. The molecule has 1 unspecified atom stereocenters. The summed E-state index contributed by atoms with van der Waals surface area (Å²) in [5.41, 5.74) is 0.280. The van der Waals surface area contributed by atoms with Crippen LogP contribution < -0.4 is 9.62 Å². The highest BCUT2D eigenvalue weighted by Crippen LogP contribution is 2.32. The smallest absolute Gasteiger partial charge is 0.357 e. The largest absolute Gasteiger partial charge is 0.416 e. The third kappa shape index (κ3) is 6.72. The zero-order chi connectivity index (χ0) is 25.7. The number of carbonyl (C=O) groups excluding carboxylic acids is 2. The van der Waals surface area contributed by atoms with E-state index in [2.05, 4.69) is 5.32 Å². The summed E-state index contributed by atoms with van der Waals surface area (Å²) in [7, 11) is -2.71. The van der Waals surface area contributed by atoms with Crippen LogP contribution in [0.3, 0.4) is 0 Å². The number of benzene rings is 2. The molecule has 2 rings (SSSR count). The van der Waals surface area contributed by atoms with E-state index in [1.165, 1.54) is 18.0 Å². The number of aryl methyl sites for hydroxylation is 1. The zero-order valence-corrected chi connectivity index (χ0v) is 20.2. The Hall–Kier alpha value is -3.08. The van der Waals surface area contributed by atoms with Gasteiger partial charge in [-0.1, -0.05) is 37.3 Å². The molecule has 2 aromatic carbocycles. The minimum Gasteiger partial charge on any atom is -0.357 e. The molecule has 0 aliphatic rings. The van der Waals surface area contributed by atoms with Gasteiger partial charge in [0, 0.05) is 13.6 Å². The molecule has 0 bridgehead atoms. The molecule has 0 aliphatic carbocycles. The van der Waals surface area contributed by atoms with E-state index in [0.29, 0.717) is 10.4 Å². The van der Waals surface area contributed by atoms with E-state index in [4.69, 9.17) is 0 Å². The van der Waals surface area contributed by atoms with Crippen LogP contribution in [0.4, 0.5) is 18.9 Å². The molecular weight excluding hydrogens is 471 g/mol. The first kappa shape index (κ1) is 27.2. The predicted octanol–water partition coefficient (Wildman–Crippen LogP) is 3.33. The maximum atomic E-state index is 13.4. The number of carbonyl (C=O) groups is 2. The van der Waals surface area contributed by atoms with E-state index >= 15 is 0 Å². The maximum Gasteiger partial charge on any atom is 0.416 e. The Bertz CT molecular complexity index is 1140. The molecule has 0 heterocycles. The van der Waals surface area contributed by atoms with Gasteiger partial charge in [0.2, 0.25) is 21.8 Å². The lowest BCUT2D eigenvalue weighted by Crippen LogP contribution is -2.51. The quantitative estimate of drug-likeness (QED) is 0.574. The molecule has 11 heteroatoms. The Morgan fingerprint density at radius 2 is 1.74 bits per heavy atom. The van der Waals surface area contributed by atoms with Gasteiger partial charge in [0.1, 0.15) is 12.6 Å². The highest BCUT2D eigenvalue weighted by atomic mass is 32.2. The summed E-state index contributed by atoms with van der Waals surface area (Å²) in [6.07, 6.45) is -3.63. The Labute approximate surface area is 197 Å². The Morgan fingerprint density at radius 3 is 2.26 bits per heavy atom. The van der Waals surface area contributed by atoms with Gasteiger partial charge in [0.25, 0.3) is 0 Å². The average Bonchev–Trinajstić information content (AvgIpc) is 2.76. The molecule has 7 nitrogen and oxygen atoms in total. The van der Waals surface area contributed by atoms with Crippen molar-refractivity contribution in [3.8, 4) is 0 Å². The zero-order valence-electron chi connectivity index (χ0n) is 19.4. The Balaban J connectivity index is 2.49. The number of rotatable bonds is 9. The van der Waals surface area contributed by atoms with Crippen LogP contribution in [0.25, 0.3) is 0 Å². The van der Waals surface area contributed by atoms with Gasteiger partial charge >= 0.3 is 6.18 Å². The highest BCUT2D eigenvalue weighted by Gasteiger charge is 2.34. The summed E-state index contributed by atoms with van der Waals surface area (Å²) in [5, 5.41) is 2.50. The van der Waals surface area contributed by atoms with Crippen molar-refractivity contribution in [1.29, 1.82) is 0 Å². The first-order valence-electron chi connectivity index (χ1n) is 10.5. The van der Waals surface area contributed by atoms with E-state index in [0.717, 1.165) is 29.5 Å². The molecule has 0 aromatic heterocycles.